The molecule has 0 amide bonds. The zero-order valence-electron chi connectivity index (χ0n) is 10.5. The van der Waals surface area contributed by atoms with Crippen LogP contribution in [0.15, 0.2) is 24.3 Å². The molecule has 0 bridgehead atoms. The molecule has 0 heterocycles. The molecule has 1 rings (SSSR count). The van der Waals surface area contributed by atoms with Crippen LogP contribution in [0.25, 0.3) is 6.08 Å². The van der Waals surface area contributed by atoms with E-state index in [0.29, 0.717) is 5.56 Å². The van der Waals surface area contributed by atoms with Crippen LogP contribution in [0, 0.1) is 0 Å². The Balaban J connectivity index is 0.000000459. The second kappa shape index (κ2) is 7.65. The number of carboxylic acids is 1. The van der Waals surface area contributed by atoms with Crippen molar-refractivity contribution < 1.29 is 29.7 Å². The topological polar surface area (TPSA) is 112 Å². The number of rotatable bonds is 3. The van der Waals surface area contributed by atoms with E-state index in [4.69, 9.17) is 15.3 Å². The van der Waals surface area contributed by atoms with Crippen molar-refractivity contribution in [3.63, 3.8) is 0 Å². The van der Waals surface area contributed by atoms with Gasteiger partial charge in [-0.3, -0.25) is 9.59 Å². The van der Waals surface area contributed by atoms with E-state index in [0.717, 1.165) is 6.08 Å². The van der Waals surface area contributed by atoms with Crippen LogP contribution in [0.1, 0.15) is 19.4 Å². The van der Waals surface area contributed by atoms with Gasteiger partial charge in [-0.25, -0.2) is 4.79 Å². The lowest BCUT2D eigenvalue weighted by molar-refractivity contribution is -0.134. The maximum Gasteiger partial charge on any atom is 0.328 e. The molecule has 1 aromatic rings. The molecule has 0 saturated heterocycles. The number of ketones is 2. The number of hydrogen-bond acceptors (Lipinski definition) is 5. The highest BCUT2D eigenvalue weighted by molar-refractivity contribution is 6.35. The molecule has 1 aromatic carbocycles. The summed E-state index contributed by atoms with van der Waals surface area (Å²) in [6, 6.07) is 4.06. The minimum Gasteiger partial charge on any atom is -0.504 e. The Morgan fingerprint density at radius 1 is 1.00 bits per heavy atom. The standard InChI is InChI=1S/C9H8O4.C4H6O2/c10-7-3-1-6(5-8(7)11)2-4-9(12)13;1-3(5)4(2)6/h1-5,10-11H,(H,12,13);1-2H3/b4-2+;. The summed E-state index contributed by atoms with van der Waals surface area (Å²) < 4.78 is 0. The van der Waals surface area contributed by atoms with Gasteiger partial charge >= 0.3 is 5.97 Å². The van der Waals surface area contributed by atoms with Gasteiger partial charge in [0, 0.05) is 19.9 Å². The molecule has 102 valence electrons. The van der Waals surface area contributed by atoms with Crippen LogP contribution < -0.4 is 0 Å². The lowest BCUT2D eigenvalue weighted by Gasteiger charge is -1.97. The van der Waals surface area contributed by atoms with Gasteiger partial charge in [-0.15, -0.1) is 0 Å². The van der Waals surface area contributed by atoms with Crippen LogP contribution in [0.4, 0.5) is 0 Å². The van der Waals surface area contributed by atoms with Crippen LogP contribution in [-0.2, 0) is 14.4 Å². The Morgan fingerprint density at radius 2 is 1.53 bits per heavy atom. The highest BCUT2D eigenvalue weighted by Crippen LogP contribution is 2.25. The molecule has 0 aliphatic rings. The van der Waals surface area contributed by atoms with Crippen LogP contribution >= 0.6 is 0 Å². The lowest BCUT2D eigenvalue weighted by Crippen LogP contribution is -2.01. The highest BCUT2D eigenvalue weighted by Gasteiger charge is 1.98. The summed E-state index contributed by atoms with van der Waals surface area (Å²) in [6.45, 7) is 2.50. The van der Waals surface area contributed by atoms with E-state index in [2.05, 4.69) is 0 Å². The van der Waals surface area contributed by atoms with Crippen molar-refractivity contribution in [2.24, 2.45) is 0 Å². The van der Waals surface area contributed by atoms with Gasteiger partial charge in [0.1, 0.15) is 0 Å². The summed E-state index contributed by atoms with van der Waals surface area (Å²) in [6.07, 6.45) is 2.27. The molecule has 3 N–H and O–H groups in total. The van der Waals surface area contributed by atoms with E-state index < -0.39 is 5.97 Å². The predicted octanol–water partition coefficient (Wildman–Crippen LogP) is 1.36. The van der Waals surface area contributed by atoms with Gasteiger partial charge in [-0.1, -0.05) is 6.07 Å². The average molecular weight is 266 g/mol. The zero-order chi connectivity index (χ0) is 15.0. The number of carbonyl (C=O) groups is 3. The third kappa shape index (κ3) is 7.32. The minimum atomic E-state index is -1.06. The van der Waals surface area contributed by atoms with Gasteiger partial charge in [0.05, 0.1) is 0 Å². The number of carbonyl (C=O) groups excluding carboxylic acids is 2. The summed E-state index contributed by atoms with van der Waals surface area (Å²) in [4.78, 5) is 29.7. The van der Waals surface area contributed by atoms with Gasteiger partial charge in [0.25, 0.3) is 0 Å². The molecule has 0 aliphatic carbocycles. The van der Waals surface area contributed by atoms with E-state index in [1.165, 1.54) is 38.1 Å². The van der Waals surface area contributed by atoms with Gasteiger partial charge in [0.15, 0.2) is 23.1 Å². The normalized spacial score (nSPS) is 9.58. The average Bonchev–Trinajstić information content (AvgIpc) is 2.31. The number of carboxylic acid groups (broad SMARTS) is 1. The molecule has 0 aromatic heterocycles. The zero-order valence-corrected chi connectivity index (χ0v) is 10.5. The first-order chi connectivity index (χ1) is 8.73. The van der Waals surface area contributed by atoms with Crippen LogP contribution in [0.5, 0.6) is 11.5 Å². The number of hydrogen-bond donors (Lipinski definition) is 3. The van der Waals surface area contributed by atoms with Crippen molar-refractivity contribution in [3.05, 3.63) is 29.8 Å². The largest absolute Gasteiger partial charge is 0.504 e. The first-order valence-corrected chi connectivity index (χ1v) is 5.18. The smallest absolute Gasteiger partial charge is 0.328 e. The number of aromatic hydroxyl groups is 2. The molecule has 6 heteroatoms. The Bertz CT molecular complexity index is 504. The van der Waals surface area contributed by atoms with Gasteiger partial charge < -0.3 is 15.3 Å². The van der Waals surface area contributed by atoms with E-state index in [1.807, 2.05) is 0 Å². The second-order valence-electron chi connectivity index (χ2n) is 3.53. The summed E-state index contributed by atoms with van der Waals surface area (Å²) >= 11 is 0. The van der Waals surface area contributed by atoms with Crippen LogP contribution in [0.2, 0.25) is 0 Å². The van der Waals surface area contributed by atoms with Crippen LogP contribution in [-0.4, -0.2) is 32.9 Å². The fourth-order valence-corrected chi connectivity index (χ4v) is 0.812. The number of Topliss-reactive ketones (excluding diaryl/α,β-unsaturated/α-hetero) is 2. The van der Waals surface area contributed by atoms with Gasteiger partial charge in [-0.2, -0.15) is 0 Å². The maximum absolute atomic E-state index is 10.1. The third-order valence-corrected chi connectivity index (χ3v) is 1.91. The van der Waals surface area contributed by atoms with Crippen LogP contribution in [0.3, 0.4) is 0 Å². The minimum absolute atomic E-state index is 0.229. The Morgan fingerprint density at radius 3 is 1.89 bits per heavy atom. The molecule has 0 fully saturated rings. The van der Waals surface area contributed by atoms with Crippen molar-refractivity contribution in [2.75, 3.05) is 0 Å². The molecular weight excluding hydrogens is 252 g/mol. The highest BCUT2D eigenvalue weighted by atomic mass is 16.4. The summed E-state index contributed by atoms with van der Waals surface area (Å²) in [5, 5.41) is 26.3. The number of aliphatic carboxylic acids is 1. The van der Waals surface area contributed by atoms with Crippen molar-refractivity contribution in [2.45, 2.75) is 13.8 Å². The quantitative estimate of drug-likeness (QED) is 0.432. The molecule has 0 radical (unpaired) electrons. The predicted molar refractivity (Wildman–Crippen MR) is 67.8 cm³/mol. The molecule has 19 heavy (non-hydrogen) atoms. The maximum atomic E-state index is 10.1. The molecule has 6 nitrogen and oxygen atoms in total. The van der Waals surface area contributed by atoms with E-state index in [9.17, 15) is 14.4 Å². The lowest BCUT2D eigenvalue weighted by atomic mass is 10.2. The van der Waals surface area contributed by atoms with Crippen molar-refractivity contribution >= 4 is 23.6 Å². The molecule has 0 aliphatic heterocycles. The fraction of sp³-hybridized carbons (Fsp3) is 0.154. The van der Waals surface area contributed by atoms with E-state index in [-0.39, 0.29) is 23.1 Å². The summed E-state index contributed by atoms with van der Waals surface area (Å²) in [5.74, 6) is -2.32. The Hall–Kier alpha value is -2.63. The van der Waals surface area contributed by atoms with Crippen molar-refractivity contribution in [1.29, 1.82) is 0 Å². The number of phenols is 2. The molecule has 0 unspecified atom stereocenters. The first-order valence-electron chi connectivity index (χ1n) is 5.18. The SMILES string of the molecule is CC(=O)C(C)=O.O=C(O)/C=C/c1ccc(O)c(O)c1. The Labute approximate surface area is 109 Å². The van der Waals surface area contributed by atoms with Crippen molar-refractivity contribution in [1.82, 2.24) is 0 Å². The van der Waals surface area contributed by atoms with Gasteiger partial charge in [0.2, 0.25) is 0 Å². The molecule has 0 spiro atoms. The third-order valence-electron chi connectivity index (χ3n) is 1.91. The van der Waals surface area contributed by atoms with Crippen molar-refractivity contribution in [3.8, 4) is 11.5 Å². The monoisotopic (exact) mass is 266 g/mol. The molecule has 0 saturated carbocycles. The van der Waals surface area contributed by atoms with E-state index >= 15 is 0 Å². The number of benzene rings is 1. The fourth-order valence-electron chi connectivity index (χ4n) is 0.812. The molecule has 0 atom stereocenters. The Kier molecular flexibility index (Phi) is 6.59. The van der Waals surface area contributed by atoms with Gasteiger partial charge in [-0.05, 0) is 23.8 Å². The molecular formula is C13H14O6. The summed E-state index contributed by atoms with van der Waals surface area (Å²) in [5.41, 5.74) is 0.512. The number of phenolic OH excluding ortho intramolecular Hbond substituents is 2. The summed E-state index contributed by atoms with van der Waals surface area (Å²) in [7, 11) is 0. The van der Waals surface area contributed by atoms with E-state index in [1.54, 1.807) is 0 Å². The second-order valence-corrected chi connectivity index (χ2v) is 3.53. The first kappa shape index (κ1) is 16.4.